The largest absolute Gasteiger partial charge is 0.454 e. The molecular formula is C21H17BrCl2N6O4. The monoisotopic (exact) mass is 566 g/mol. The van der Waals surface area contributed by atoms with Crippen LogP contribution in [0.4, 0.5) is 11.5 Å². The van der Waals surface area contributed by atoms with Gasteiger partial charge in [-0.15, -0.1) is 0 Å². The number of nitrogens with one attached hydrogen (secondary N) is 1. The molecule has 0 bridgehead atoms. The van der Waals surface area contributed by atoms with E-state index in [2.05, 4.69) is 31.4 Å². The third-order valence-electron chi connectivity index (χ3n) is 5.03. The minimum atomic E-state index is -0.590. The topological polar surface area (TPSA) is 121 Å². The van der Waals surface area contributed by atoms with E-state index in [0.29, 0.717) is 33.7 Å². The van der Waals surface area contributed by atoms with Crippen molar-refractivity contribution in [2.24, 2.45) is 0 Å². The van der Waals surface area contributed by atoms with Gasteiger partial charge in [0.05, 0.1) is 34.9 Å². The van der Waals surface area contributed by atoms with Gasteiger partial charge in [-0.1, -0.05) is 29.3 Å². The Morgan fingerprint density at radius 2 is 1.97 bits per heavy atom. The van der Waals surface area contributed by atoms with Crippen LogP contribution in [0.15, 0.2) is 45.4 Å². The van der Waals surface area contributed by atoms with E-state index >= 15 is 0 Å². The number of furan rings is 1. The molecule has 0 unspecified atom stereocenters. The summed E-state index contributed by atoms with van der Waals surface area (Å²) in [5, 5.41) is 23.3. The number of carbonyl (C=O) groups is 1. The smallest absolute Gasteiger partial charge is 0.404 e. The lowest BCUT2D eigenvalue weighted by atomic mass is 10.2. The minimum absolute atomic E-state index is 0.0861. The fraction of sp³-hybridized carbons (Fsp3) is 0.190. The van der Waals surface area contributed by atoms with Crippen molar-refractivity contribution in [1.82, 2.24) is 19.6 Å². The molecule has 13 heteroatoms. The summed E-state index contributed by atoms with van der Waals surface area (Å²) in [4.78, 5) is 23.2. The molecule has 3 aromatic heterocycles. The lowest BCUT2D eigenvalue weighted by Gasteiger charge is -2.08. The summed E-state index contributed by atoms with van der Waals surface area (Å²) in [6.45, 7) is 4.17. The van der Waals surface area contributed by atoms with E-state index in [9.17, 15) is 14.9 Å². The van der Waals surface area contributed by atoms with Crippen LogP contribution >= 0.6 is 39.1 Å². The first-order chi connectivity index (χ1) is 16.1. The Balaban J connectivity index is 1.47. The van der Waals surface area contributed by atoms with E-state index in [-0.39, 0.29) is 22.6 Å². The van der Waals surface area contributed by atoms with Gasteiger partial charge < -0.3 is 19.8 Å². The second-order valence-electron chi connectivity index (χ2n) is 7.41. The number of aryl methyl sites for hydroxylation is 1. The van der Waals surface area contributed by atoms with Crippen molar-refractivity contribution in [2.75, 3.05) is 5.32 Å². The van der Waals surface area contributed by atoms with Gasteiger partial charge in [-0.3, -0.25) is 9.48 Å². The molecule has 0 atom stereocenters. The number of benzene rings is 1. The molecule has 34 heavy (non-hydrogen) atoms. The average molecular weight is 568 g/mol. The average Bonchev–Trinajstić information content (AvgIpc) is 3.45. The summed E-state index contributed by atoms with van der Waals surface area (Å²) in [5.74, 6) is -0.249. The van der Waals surface area contributed by atoms with Gasteiger partial charge in [-0.05, 0) is 64.5 Å². The van der Waals surface area contributed by atoms with E-state index in [1.165, 1.54) is 16.9 Å². The number of amides is 1. The molecule has 1 amide bonds. The molecule has 0 saturated heterocycles. The van der Waals surface area contributed by atoms with Gasteiger partial charge in [0.1, 0.15) is 16.8 Å². The first-order valence-electron chi connectivity index (χ1n) is 9.87. The molecule has 10 nitrogen and oxygen atoms in total. The number of halogens is 3. The maximum Gasteiger partial charge on any atom is 0.404 e. The molecule has 176 valence electrons. The van der Waals surface area contributed by atoms with Gasteiger partial charge >= 0.3 is 5.82 Å². The van der Waals surface area contributed by atoms with E-state index in [1.54, 1.807) is 29.8 Å². The Labute approximate surface area is 211 Å². The lowest BCUT2D eigenvalue weighted by Crippen LogP contribution is -2.12. The third kappa shape index (κ3) is 5.01. The fourth-order valence-corrected chi connectivity index (χ4v) is 4.28. The summed E-state index contributed by atoms with van der Waals surface area (Å²) in [5.41, 5.74) is 2.80. The van der Waals surface area contributed by atoms with Gasteiger partial charge in [-0.2, -0.15) is 9.78 Å². The number of aromatic nitrogens is 4. The molecule has 0 spiro atoms. The summed E-state index contributed by atoms with van der Waals surface area (Å²) in [7, 11) is 0. The van der Waals surface area contributed by atoms with Crippen LogP contribution in [-0.4, -0.2) is 30.4 Å². The molecule has 0 radical (unpaired) electrons. The molecule has 1 N–H and O–H groups in total. The maximum absolute atomic E-state index is 12.8. The Morgan fingerprint density at radius 1 is 1.21 bits per heavy atom. The lowest BCUT2D eigenvalue weighted by molar-refractivity contribution is -0.390. The highest BCUT2D eigenvalue weighted by molar-refractivity contribution is 9.10. The second kappa shape index (κ2) is 9.61. The predicted octanol–water partition coefficient (Wildman–Crippen LogP) is 5.62. The zero-order valence-corrected chi connectivity index (χ0v) is 21.0. The Hall–Kier alpha value is -3.15. The number of hydrogen-bond acceptors (Lipinski definition) is 6. The minimum Gasteiger partial charge on any atom is -0.454 e. The van der Waals surface area contributed by atoms with Crippen LogP contribution in [0.2, 0.25) is 10.0 Å². The molecule has 4 rings (SSSR count). The van der Waals surface area contributed by atoms with Crippen LogP contribution in [0.5, 0.6) is 0 Å². The molecule has 0 saturated carbocycles. The standard InChI is InChI=1S/C21H17BrCl2N6O4/c1-11-19(12(2)29(26-11)8-13-3-4-14(23)7-17(13)24)25-21(31)18-6-5-15(34-18)9-28-10-16(22)20(27-28)30(32)33/h3-7,10H,8-9H2,1-2H3,(H,25,31). The Kier molecular flexibility index (Phi) is 6.78. The molecular weight excluding hydrogens is 551 g/mol. The van der Waals surface area contributed by atoms with Crippen LogP contribution in [-0.2, 0) is 13.1 Å². The van der Waals surface area contributed by atoms with E-state index in [1.807, 2.05) is 13.0 Å². The predicted molar refractivity (Wildman–Crippen MR) is 130 cm³/mol. The number of anilines is 1. The number of nitro groups is 1. The fourth-order valence-electron chi connectivity index (χ4n) is 3.35. The van der Waals surface area contributed by atoms with Crippen molar-refractivity contribution >= 4 is 56.5 Å². The van der Waals surface area contributed by atoms with E-state index in [0.717, 1.165) is 11.3 Å². The molecule has 1 aromatic carbocycles. The van der Waals surface area contributed by atoms with Crippen LogP contribution in [0.1, 0.15) is 33.3 Å². The van der Waals surface area contributed by atoms with Gasteiger partial charge in [0.2, 0.25) is 0 Å². The van der Waals surface area contributed by atoms with Crippen molar-refractivity contribution in [3.63, 3.8) is 0 Å². The van der Waals surface area contributed by atoms with Gasteiger partial charge in [-0.25, -0.2) is 0 Å². The maximum atomic E-state index is 12.8. The molecule has 0 fully saturated rings. The summed E-state index contributed by atoms with van der Waals surface area (Å²) < 4.78 is 8.98. The third-order valence-corrected chi connectivity index (χ3v) is 6.18. The number of hydrogen-bond donors (Lipinski definition) is 1. The summed E-state index contributed by atoms with van der Waals surface area (Å²) in [6.07, 6.45) is 1.47. The Bertz CT molecular complexity index is 1410. The van der Waals surface area contributed by atoms with Crippen molar-refractivity contribution in [1.29, 1.82) is 0 Å². The molecule has 3 heterocycles. The zero-order valence-electron chi connectivity index (χ0n) is 17.9. The first kappa shape index (κ1) is 24.0. The van der Waals surface area contributed by atoms with Crippen LogP contribution in [0.3, 0.4) is 0 Å². The van der Waals surface area contributed by atoms with Crippen LogP contribution in [0, 0.1) is 24.0 Å². The highest BCUT2D eigenvalue weighted by atomic mass is 79.9. The number of nitrogens with zero attached hydrogens (tertiary/aromatic N) is 5. The SMILES string of the molecule is Cc1nn(Cc2ccc(Cl)cc2Cl)c(C)c1NC(=O)c1ccc(Cn2cc(Br)c([N+](=O)[O-])n2)o1. The molecule has 0 aliphatic rings. The number of carbonyl (C=O) groups excluding carboxylic acids is 1. The van der Waals surface area contributed by atoms with Gasteiger partial charge in [0.25, 0.3) is 5.91 Å². The van der Waals surface area contributed by atoms with E-state index < -0.39 is 10.8 Å². The highest BCUT2D eigenvalue weighted by Gasteiger charge is 2.21. The quantitative estimate of drug-likeness (QED) is 0.228. The van der Waals surface area contributed by atoms with Crippen LogP contribution in [0.25, 0.3) is 0 Å². The summed E-state index contributed by atoms with van der Waals surface area (Å²) >= 11 is 15.3. The highest BCUT2D eigenvalue weighted by Crippen LogP contribution is 2.26. The van der Waals surface area contributed by atoms with Crippen molar-refractivity contribution < 1.29 is 14.1 Å². The van der Waals surface area contributed by atoms with E-state index in [4.69, 9.17) is 27.6 Å². The van der Waals surface area contributed by atoms with Crippen LogP contribution < -0.4 is 5.32 Å². The summed E-state index contributed by atoms with van der Waals surface area (Å²) in [6, 6.07) is 8.39. The Morgan fingerprint density at radius 3 is 2.65 bits per heavy atom. The van der Waals surface area contributed by atoms with Gasteiger partial charge in [0, 0.05) is 10.0 Å². The molecule has 4 aromatic rings. The molecule has 0 aliphatic carbocycles. The normalized spacial score (nSPS) is 11.1. The van der Waals surface area contributed by atoms with Crippen molar-refractivity contribution in [2.45, 2.75) is 26.9 Å². The van der Waals surface area contributed by atoms with Crippen molar-refractivity contribution in [3.8, 4) is 0 Å². The zero-order chi connectivity index (χ0) is 24.6. The molecule has 0 aliphatic heterocycles. The first-order valence-corrected chi connectivity index (χ1v) is 11.4. The number of rotatable bonds is 7. The van der Waals surface area contributed by atoms with Gasteiger partial charge in [0.15, 0.2) is 5.76 Å². The second-order valence-corrected chi connectivity index (χ2v) is 9.11. The van der Waals surface area contributed by atoms with Crippen molar-refractivity contribution in [3.05, 3.63) is 89.6 Å².